The van der Waals surface area contributed by atoms with Gasteiger partial charge in [-0.1, -0.05) is 6.92 Å². The molecule has 0 saturated heterocycles. The fraction of sp³-hybridized carbons (Fsp3) is 0.500. The molecule has 0 spiro atoms. The Kier molecular flexibility index (Phi) is 2.96. The molecule has 2 N–H and O–H groups in total. The normalized spacial score (nSPS) is 16.4. The van der Waals surface area contributed by atoms with Crippen molar-refractivity contribution < 1.29 is 4.39 Å². The summed E-state index contributed by atoms with van der Waals surface area (Å²) in [6.07, 6.45) is 3.51. The van der Waals surface area contributed by atoms with Gasteiger partial charge in [0, 0.05) is 16.8 Å². The fourth-order valence-corrected chi connectivity index (χ4v) is 2.47. The predicted octanol–water partition coefficient (Wildman–Crippen LogP) is 2.56. The van der Waals surface area contributed by atoms with Gasteiger partial charge in [-0.15, -0.1) is 5.10 Å². The van der Waals surface area contributed by atoms with Crippen molar-refractivity contribution in [2.24, 2.45) is 5.41 Å². The number of aromatic nitrogens is 4. The summed E-state index contributed by atoms with van der Waals surface area (Å²) < 4.78 is 15.6. The van der Waals surface area contributed by atoms with Gasteiger partial charge in [0.2, 0.25) is 0 Å². The summed E-state index contributed by atoms with van der Waals surface area (Å²) in [5, 5.41) is 11.8. The average molecular weight is 275 g/mol. The van der Waals surface area contributed by atoms with Crippen LogP contribution in [0.2, 0.25) is 0 Å². The third-order valence-electron chi connectivity index (χ3n) is 4.37. The van der Waals surface area contributed by atoms with Crippen molar-refractivity contribution in [2.45, 2.75) is 39.7 Å². The first-order chi connectivity index (χ1) is 9.54. The minimum Gasteiger partial charge on any atom is -0.398 e. The Labute approximate surface area is 117 Å². The zero-order valence-electron chi connectivity index (χ0n) is 11.7. The van der Waals surface area contributed by atoms with Crippen LogP contribution in [-0.2, 0) is 6.54 Å². The van der Waals surface area contributed by atoms with E-state index in [0.717, 1.165) is 13.0 Å². The average Bonchev–Trinajstić information content (AvgIpc) is 3.05. The van der Waals surface area contributed by atoms with E-state index in [1.54, 1.807) is 17.7 Å². The standard InChI is InChI=1S/C14H18FN5/c1-3-14(4-5-14)8-20-13(17-18-19-20)10-6-11(15)9(2)12(16)7-10/h6-7H,3-5,8,16H2,1-2H3. The lowest BCUT2D eigenvalue weighted by molar-refractivity contribution is 0.382. The van der Waals surface area contributed by atoms with E-state index in [9.17, 15) is 4.39 Å². The zero-order valence-corrected chi connectivity index (χ0v) is 11.7. The van der Waals surface area contributed by atoms with Gasteiger partial charge in [0.25, 0.3) is 0 Å². The van der Waals surface area contributed by atoms with E-state index in [1.807, 2.05) is 0 Å². The molecule has 1 aromatic carbocycles. The Morgan fingerprint density at radius 1 is 1.40 bits per heavy atom. The van der Waals surface area contributed by atoms with E-state index >= 15 is 0 Å². The highest BCUT2D eigenvalue weighted by Crippen LogP contribution is 2.50. The SMILES string of the molecule is CCC1(Cn2nnnc2-c2cc(N)c(C)c(F)c2)CC1. The summed E-state index contributed by atoms with van der Waals surface area (Å²) in [4.78, 5) is 0. The molecule has 1 heterocycles. The van der Waals surface area contributed by atoms with Crippen LogP contribution >= 0.6 is 0 Å². The fourth-order valence-electron chi connectivity index (χ4n) is 2.47. The van der Waals surface area contributed by atoms with Crippen molar-refractivity contribution in [1.82, 2.24) is 20.2 Å². The van der Waals surface area contributed by atoms with Gasteiger partial charge in [-0.2, -0.15) is 0 Å². The van der Waals surface area contributed by atoms with Crippen LogP contribution in [0.3, 0.4) is 0 Å². The van der Waals surface area contributed by atoms with Crippen LogP contribution < -0.4 is 5.73 Å². The van der Waals surface area contributed by atoms with Gasteiger partial charge < -0.3 is 5.73 Å². The zero-order chi connectivity index (χ0) is 14.3. The monoisotopic (exact) mass is 275 g/mol. The maximum absolute atomic E-state index is 13.8. The number of nitrogen functional groups attached to an aromatic ring is 1. The largest absolute Gasteiger partial charge is 0.398 e. The summed E-state index contributed by atoms with van der Waals surface area (Å²) in [5.41, 5.74) is 7.65. The minimum atomic E-state index is -0.328. The first-order valence-corrected chi connectivity index (χ1v) is 6.87. The minimum absolute atomic E-state index is 0.318. The molecule has 0 amide bonds. The second-order valence-electron chi connectivity index (χ2n) is 5.69. The van der Waals surface area contributed by atoms with E-state index in [1.165, 1.54) is 18.9 Å². The molecule has 0 atom stereocenters. The second kappa shape index (κ2) is 4.54. The molecule has 5 nitrogen and oxygen atoms in total. The smallest absolute Gasteiger partial charge is 0.182 e. The summed E-state index contributed by atoms with van der Waals surface area (Å²) in [6.45, 7) is 4.62. The maximum Gasteiger partial charge on any atom is 0.182 e. The van der Waals surface area contributed by atoms with Gasteiger partial charge in [-0.05, 0) is 54.2 Å². The molecule has 0 unspecified atom stereocenters. The number of nitrogens with two attached hydrogens (primary N) is 1. The number of nitrogens with zero attached hydrogens (tertiary/aromatic N) is 4. The Bertz CT molecular complexity index is 622. The van der Waals surface area contributed by atoms with Gasteiger partial charge in [0.05, 0.1) is 6.54 Å². The van der Waals surface area contributed by atoms with Crippen LogP contribution in [0.1, 0.15) is 31.7 Å². The van der Waals surface area contributed by atoms with Crippen LogP contribution in [0, 0.1) is 18.2 Å². The predicted molar refractivity (Wildman–Crippen MR) is 74.3 cm³/mol. The van der Waals surface area contributed by atoms with E-state index in [-0.39, 0.29) is 5.82 Å². The molecule has 0 radical (unpaired) electrons. The molecule has 0 aliphatic heterocycles. The first-order valence-electron chi connectivity index (χ1n) is 6.87. The lowest BCUT2D eigenvalue weighted by atomic mass is 10.0. The number of tetrazole rings is 1. The molecule has 6 heteroatoms. The molecule has 1 fully saturated rings. The molecule has 1 aliphatic carbocycles. The molecular formula is C14H18FN5. The van der Waals surface area contributed by atoms with Gasteiger partial charge in [0.1, 0.15) is 5.82 Å². The molecule has 1 saturated carbocycles. The van der Waals surface area contributed by atoms with Crippen molar-refractivity contribution in [3.63, 3.8) is 0 Å². The number of hydrogen-bond acceptors (Lipinski definition) is 4. The molecule has 1 aromatic heterocycles. The second-order valence-corrected chi connectivity index (χ2v) is 5.69. The molecular weight excluding hydrogens is 257 g/mol. The highest BCUT2D eigenvalue weighted by atomic mass is 19.1. The highest BCUT2D eigenvalue weighted by molar-refractivity contribution is 5.63. The van der Waals surface area contributed by atoms with Crippen molar-refractivity contribution in [2.75, 3.05) is 5.73 Å². The van der Waals surface area contributed by atoms with E-state index in [0.29, 0.717) is 28.1 Å². The van der Waals surface area contributed by atoms with E-state index in [2.05, 4.69) is 22.4 Å². The molecule has 0 bridgehead atoms. The van der Waals surface area contributed by atoms with Crippen molar-refractivity contribution in [1.29, 1.82) is 0 Å². The van der Waals surface area contributed by atoms with Crippen LogP contribution in [0.25, 0.3) is 11.4 Å². The van der Waals surface area contributed by atoms with Gasteiger partial charge in [0.15, 0.2) is 5.82 Å². The number of hydrogen-bond donors (Lipinski definition) is 1. The van der Waals surface area contributed by atoms with Crippen LogP contribution in [0.5, 0.6) is 0 Å². The number of benzene rings is 1. The highest BCUT2D eigenvalue weighted by Gasteiger charge is 2.41. The third kappa shape index (κ3) is 2.15. The van der Waals surface area contributed by atoms with Gasteiger partial charge in [-0.3, -0.25) is 0 Å². The Balaban J connectivity index is 1.97. The van der Waals surface area contributed by atoms with Crippen molar-refractivity contribution in [3.05, 3.63) is 23.5 Å². The summed E-state index contributed by atoms with van der Waals surface area (Å²) in [5.74, 6) is 0.251. The molecule has 106 valence electrons. The summed E-state index contributed by atoms with van der Waals surface area (Å²) in [6, 6.07) is 3.17. The lowest BCUT2D eigenvalue weighted by Crippen LogP contribution is -2.13. The van der Waals surface area contributed by atoms with Crippen LogP contribution in [0.4, 0.5) is 10.1 Å². The first kappa shape index (κ1) is 13.0. The molecule has 3 rings (SSSR count). The Morgan fingerprint density at radius 2 is 2.15 bits per heavy atom. The number of halogens is 1. The molecule has 1 aliphatic rings. The van der Waals surface area contributed by atoms with Crippen LogP contribution in [-0.4, -0.2) is 20.2 Å². The quantitative estimate of drug-likeness (QED) is 0.871. The van der Waals surface area contributed by atoms with Crippen molar-refractivity contribution in [3.8, 4) is 11.4 Å². The summed E-state index contributed by atoms with van der Waals surface area (Å²) in [7, 11) is 0. The Hall–Kier alpha value is -1.98. The third-order valence-corrected chi connectivity index (χ3v) is 4.37. The topological polar surface area (TPSA) is 69.6 Å². The summed E-state index contributed by atoms with van der Waals surface area (Å²) >= 11 is 0. The molecule has 2 aromatic rings. The van der Waals surface area contributed by atoms with Gasteiger partial charge in [-0.25, -0.2) is 9.07 Å². The number of anilines is 1. The molecule has 20 heavy (non-hydrogen) atoms. The van der Waals surface area contributed by atoms with E-state index < -0.39 is 0 Å². The van der Waals surface area contributed by atoms with Crippen molar-refractivity contribution >= 4 is 5.69 Å². The maximum atomic E-state index is 13.8. The lowest BCUT2D eigenvalue weighted by Gasteiger charge is -2.13. The van der Waals surface area contributed by atoms with Crippen LogP contribution in [0.15, 0.2) is 12.1 Å². The Morgan fingerprint density at radius 3 is 2.75 bits per heavy atom. The van der Waals surface area contributed by atoms with E-state index in [4.69, 9.17) is 5.73 Å². The van der Waals surface area contributed by atoms with Gasteiger partial charge >= 0.3 is 0 Å². The number of rotatable bonds is 4.